The van der Waals surface area contributed by atoms with Gasteiger partial charge in [-0.2, -0.15) is 13.2 Å². The number of hydrogen-bond acceptors (Lipinski definition) is 4. The smallest absolute Gasteiger partial charge is 0.413 e. The van der Waals surface area contributed by atoms with Crippen LogP contribution in [0.1, 0.15) is 84.5 Å². The number of methoxy groups -OCH3 is 1. The van der Waals surface area contributed by atoms with E-state index in [1.165, 1.54) is 38.1 Å². The van der Waals surface area contributed by atoms with Crippen LogP contribution in [-0.2, 0) is 9.53 Å². The standard InChI is InChI=1S/C23H37F3O2S.CH4O/c1-4-5-11-18(2)12-8-9-13-19-15-16-20(23(24,25)26)22(19)29-17-10-6-7-14-21(27)28-3;1-2/h9,13,18-19H,4-8,10-12,14-17H2,1-3H3;2H,1H3/b13-9+;. The Hall–Kier alpha value is -0.950. The molecule has 0 aromatic rings. The average Bonchev–Trinajstić information content (AvgIpc) is 3.16. The van der Waals surface area contributed by atoms with Gasteiger partial charge in [0.2, 0.25) is 0 Å². The summed E-state index contributed by atoms with van der Waals surface area (Å²) in [7, 11) is 2.36. The van der Waals surface area contributed by atoms with Crippen molar-refractivity contribution in [1.29, 1.82) is 0 Å². The lowest BCUT2D eigenvalue weighted by atomic mass is 9.98. The van der Waals surface area contributed by atoms with Gasteiger partial charge in [-0.3, -0.25) is 4.79 Å². The van der Waals surface area contributed by atoms with Crippen molar-refractivity contribution in [2.45, 2.75) is 90.7 Å². The van der Waals surface area contributed by atoms with Gasteiger partial charge in [0, 0.05) is 25.0 Å². The highest BCUT2D eigenvalue weighted by molar-refractivity contribution is 8.03. The van der Waals surface area contributed by atoms with E-state index in [0.717, 1.165) is 39.2 Å². The number of carbonyl (C=O) groups excluding carboxylic acids is 1. The Kier molecular flexibility index (Phi) is 17.0. The Morgan fingerprint density at radius 3 is 2.55 bits per heavy atom. The molecule has 0 saturated heterocycles. The summed E-state index contributed by atoms with van der Waals surface area (Å²) < 4.78 is 44.8. The quantitative estimate of drug-likeness (QED) is 0.164. The van der Waals surface area contributed by atoms with Crippen LogP contribution in [0.15, 0.2) is 22.6 Å². The van der Waals surface area contributed by atoms with E-state index in [1.807, 2.05) is 6.08 Å². The van der Waals surface area contributed by atoms with Gasteiger partial charge in [0.15, 0.2) is 0 Å². The van der Waals surface area contributed by atoms with Crippen molar-refractivity contribution in [3.63, 3.8) is 0 Å². The summed E-state index contributed by atoms with van der Waals surface area (Å²) in [6, 6.07) is 0. The molecular formula is C24H41F3O3S. The largest absolute Gasteiger partial charge is 0.469 e. The van der Waals surface area contributed by atoms with Crippen molar-refractivity contribution in [2.24, 2.45) is 11.8 Å². The molecule has 0 aromatic carbocycles. The molecule has 1 rings (SSSR count). The van der Waals surface area contributed by atoms with Crippen molar-refractivity contribution in [3.05, 3.63) is 22.6 Å². The number of unbranched alkanes of at least 4 members (excludes halogenated alkanes) is 3. The second kappa shape index (κ2) is 17.6. The van der Waals surface area contributed by atoms with Crippen LogP contribution in [0.2, 0.25) is 0 Å². The van der Waals surface area contributed by atoms with Gasteiger partial charge in [-0.1, -0.05) is 51.7 Å². The highest BCUT2D eigenvalue weighted by atomic mass is 32.2. The molecule has 0 saturated carbocycles. The number of rotatable bonds is 14. The van der Waals surface area contributed by atoms with E-state index in [0.29, 0.717) is 29.4 Å². The topological polar surface area (TPSA) is 46.5 Å². The Bertz CT molecular complexity index is 545. The first-order valence-corrected chi connectivity index (χ1v) is 12.4. The predicted octanol–water partition coefficient (Wildman–Crippen LogP) is 7.45. The molecule has 1 aliphatic rings. The minimum atomic E-state index is -4.23. The van der Waals surface area contributed by atoms with Crippen molar-refractivity contribution < 1.29 is 27.8 Å². The van der Waals surface area contributed by atoms with Crippen molar-refractivity contribution >= 4 is 17.7 Å². The summed E-state index contributed by atoms with van der Waals surface area (Å²) in [5, 5.41) is 7.00. The van der Waals surface area contributed by atoms with Crippen LogP contribution in [0, 0.1) is 11.8 Å². The van der Waals surface area contributed by atoms with E-state index in [-0.39, 0.29) is 23.9 Å². The first kappa shape index (κ1) is 30.0. The third-order valence-corrected chi connectivity index (χ3v) is 6.79. The van der Waals surface area contributed by atoms with E-state index in [1.54, 1.807) is 0 Å². The molecule has 0 aromatic heterocycles. The van der Waals surface area contributed by atoms with Gasteiger partial charge >= 0.3 is 12.1 Å². The fourth-order valence-electron chi connectivity index (χ4n) is 3.61. The molecule has 2 atom stereocenters. The first-order valence-electron chi connectivity index (χ1n) is 11.4. The Morgan fingerprint density at radius 1 is 1.23 bits per heavy atom. The van der Waals surface area contributed by atoms with Crippen LogP contribution in [0.5, 0.6) is 0 Å². The van der Waals surface area contributed by atoms with Gasteiger partial charge in [0.25, 0.3) is 0 Å². The summed E-state index contributed by atoms with van der Waals surface area (Å²) in [6.07, 6.45) is 8.98. The molecule has 0 bridgehead atoms. The predicted molar refractivity (Wildman–Crippen MR) is 124 cm³/mol. The number of aliphatic hydroxyl groups is 1. The molecule has 7 heteroatoms. The number of halogens is 3. The highest BCUT2D eigenvalue weighted by Crippen LogP contribution is 2.47. The number of aliphatic hydroxyl groups excluding tert-OH is 1. The van der Waals surface area contributed by atoms with Crippen LogP contribution in [0.25, 0.3) is 0 Å². The van der Waals surface area contributed by atoms with Crippen LogP contribution in [0.3, 0.4) is 0 Å². The molecule has 31 heavy (non-hydrogen) atoms. The average molecular weight is 467 g/mol. The summed E-state index contributed by atoms with van der Waals surface area (Å²) in [4.78, 5) is 11.6. The number of thioether (sulfide) groups is 1. The van der Waals surface area contributed by atoms with Crippen LogP contribution in [0.4, 0.5) is 13.2 Å². The number of alkyl halides is 3. The maximum absolute atomic E-state index is 13.4. The molecule has 0 amide bonds. The van der Waals surface area contributed by atoms with E-state index >= 15 is 0 Å². The van der Waals surface area contributed by atoms with Crippen LogP contribution in [-0.4, -0.2) is 37.2 Å². The monoisotopic (exact) mass is 466 g/mol. The van der Waals surface area contributed by atoms with Gasteiger partial charge in [0.05, 0.1) is 7.11 Å². The van der Waals surface area contributed by atoms with Gasteiger partial charge in [-0.15, -0.1) is 11.8 Å². The number of allylic oxidation sites excluding steroid dienone is 4. The lowest BCUT2D eigenvalue weighted by Gasteiger charge is -2.14. The van der Waals surface area contributed by atoms with Crippen molar-refractivity contribution in [3.8, 4) is 0 Å². The molecule has 3 nitrogen and oxygen atoms in total. The summed E-state index contributed by atoms with van der Waals surface area (Å²) >= 11 is 1.36. The highest BCUT2D eigenvalue weighted by Gasteiger charge is 2.41. The second-order valence-corrected chi connectivity index (χ2v) is 9.11. The van der Waals surface area contributed by atoms with E-state index in [4.69, 9.17) is 5.11 Å². The Labute approximate surface area is 190 Å². The zero-order chi connectivity index (χ0) is 23.7. The number of ether oxygens (including phenoxy) is 1. The zero-order valence-corrected chi connectivity index (χ0v) is 20.4. The fourth-order valence-corrected chi connectivity index (χ4v) is 4.98. The molecule has 0 aliphatic heterocycles. The lowest BCUT2D eigenvalue weighted by Crippen LogP contribution is -2.11. The summed E-state index contributed by atoms with van der Waals surface area (Å²) in [5.74, 6) is 1.000. The van der Waals surface area contributed by atoms with Gasteiger partial charge < -0.3 is 9.84 Å². The van der Waals surface area contributed by atoms with Gasteiger partial charge in [0.1, 0.15) is 0 Å². The molecule has 2 unspecified atom stereocenters. The summed E-state index contributed by atoms with van der Waals surface area (Å²) in [6.45, 7) is 4.44. The Morgan fingerprint density at radius 2 is 1.94 bits per heavy atom. The van der Waals surface area contributed by atoms with E-state index in [9.17, 15) is 18.0 Å². The van der Waals surface area contributed by atoms with Gasteiger partial charge in [-0.25, -0.2) is 0 Å². The molecule has 0 radical (unpaired) electrons. The zero-order valence-electron chi connectivity index (χ0n) is 19.6. The lowest BCUT2D eigenvalue weighted by molar-refractivity contribution is -0.140. The van der Waals surface area contributed by atoms with E-state index < -0.39 is 6.18 Å². The number of carbonyl (C=O) groups is 1. The minimum Gasteiger partial charge on any atom is -0.469 e. The minimum absolute atomic E-state index is 0.0994. The van der Waals surface area contributed by atoms with Crippen molar-refractivity contribution in [2.75, 3.05) is 20.0 Å². The maximum Gasteiger partial charge on any atom is 0.413 e. The van der Waals surface area contributed by atoms with Crippen LogP contribution >= 0.6 is 11.8 Å². The number of esters is 1. The van der Waals surface area contributed by atoms with Gasteiger partial charge in [-0.05, 0) is 55.1 Å². The molecule has 0 heterocycles. The van der Waals surface area contributed by atoms with Crippen molar-refractivity contribution in [1.82, 2.24) is 0 Å². The molecule has 0 fully saturated rings. The van der Waals surface area contributed by atoms with E-state index in [2.05, 4.69) is 24.7 Å². The van der Waals surface area contributed by atoms with Crippen LogP contribution < -0.4 is 0 Å². The third kappa shape index (κ3) is 13.3. The Balaban J connectivity index is 0.00000436. The molecule has 182 valence electrons. The molecular weight excluding hydrogens is 425 g/mol. The molecule has 1 N–H and O–H groups in total. The molecule has 0 spiro atoms. The normalized spacial score (nSPS) is 17.6. The SMILES string of the molecule is CCCCC(C)CC/C=C/C1CCC(C(F)(F)F)=C1SCCCCCC(=O)OC.CO. The first-order chi connectivity index (χ1) is 14.8. The molecule has 1 aliphatic carbocycles. The third-order valence-electron chi connectivity index (χ3n) is 5.44. The second-order valence-electron chi connectivity index (χ2n) is 7.97. The number of hydrogen-bond donors (Lipinski definition) is 1. The summed E-state index contributed by atoms with van der Waals surface area (Å²) in [5.41, 5.74) is -0.331. The maximum atomic E-state index is 13.4. The fraction of sp³-hybridized carbons (Fsp3) is 0.792.